The van der Waals surface area contributed by atoms with Crippen LogP contribution in [0.15, 0.2) is 18.5 Å². The second-order valence-electron chi connectivity index (χ2n) is 1.76. The van der Waals surface area contributed by atoms with Crippen LogP contribution in [0, 0.1) is 0 Å². The zero-order chi connectivity index (χ0) is 7.56. The van der Waals surface area contributed by atoms with Gasteiger partial charge in [-0.2, -0.15) is 0 Å². The summed E-state index contributed by atoms with van der Waals surface area (Å²) in [4.78, 5) is 13.8. The van der Waals surface area contributed by atoms with Crippen molar-refractivity contribution in [1.29, 1.82) is 0 Å². The number of halogens is 2. The topological polar surface area (TPSA) is 32.9 Å². The first-order valence-corrected chi connectivity index (χ1v) is 4.02. The molecule has 1 aromatic heterocycles. The molecular weight excluding hydrogens is 217 g/mol. The van der Waals surface area contributed by atoms with Crippen molar-refractivity contribution in [2.75, 3.05) is 0 Å². The summed E-state index contributed by atoms with van der Waals surface area (Å²) in [7, 11) is 0. The summed E-state index contributed by atoms with van der Waals surface area (Å²) < 4.78 is -0.622. The van der Waals surface area contributed by atoms with Crippen LogP contribution in [0.1, 0.15) is 10.4 Å². The third-order valence-corrected chi connectivity index (χ3v) is 1.69. The number of alkyl halides is 2. The summed E-state index contributed by atoms with van der Waals surface area (Å²) in [5.41, 5.74) is 0.594. The average molecular weight is 222 g/mol. The number of rotatable bonds is 2. The number of nitrogens with one attached hydrogen (secondary N) is 1. The third kappa shape index (κ3) is 1.61. The Morgan fingerprint density at radius 3 is 2.90 bits per heavy atom. The molecule has 10 heavy (non-hydrogen) atoms. The van der Waals surface area contributed by atoms with E-state index in [1.54, 1.807) is 18.5 Å². The molecular formula is C6H5BrClNO. The number of H-pyrrole nitrogens is 1. The standard InChI is InChI=1S/C6H5BrClNO/c7-6(8)5(10)4-1-2-9-3-4/h1-3,6,9H. The molecule has 0 aliphatic heterocycles. The molecule has 1 rings (SSSR count). The second kappa shape index (κ2) is 3.21. The molecule has 1 atom stereocenters. The number of ketones is 1. The zero-order valence-corrected chi connectivity index (χ0v) is 7.32. The van der Waals surface area contributed by atoms with Crippen LogP contribution in [-0.2, 0) is 0 Å². The Morgan fingerprint density at radius 1 is 1.80 bits per heavy atom. The minimum absolute atomic E-state index is 0.122. The highest BCUT2D eigenvalue weighted by Crippen LogP contribution is 2.12. The SMILES string of the molecule is O=C(c1cc[nH]c1)C(Cl)Br. The zero-order valence-electron chi connectivity index (χ0n) is 4.97. The quantitative estimate of drug-likeness (QED) is 0.604. The number of hydrogen-bond acceptors (Lipinski definition) is 1. The fourth-order valence-electron chi connectivity index (χ4n) is 0.603. The number of hydrogen-bond donors (Lipinski definition) is 1. The van der Waals surface area contributed by atoms with Gasteiger partial charge in [0.15, 0.2) is 10.1 Å². The average Bonchev–Trinajstić information content (AvgIpc) is 2.36. The van der Waals surface area contributed by atoms with Gasteiger partial charge < -0.3 is 4.98 Å². The Hall–Kier alpha value is -0.280. The Kier molecular flexibility index (Phi) is 2.51. The normalized spacial score (nSPS) is 13.0. The van der Waals surface area contributed by atoms with Gasteiger partial charge in [0.1, 0.15) is 0 Å². The van der Waals surface area contributed by atoms with Crippen molar-refractivity contribution in [3.8, 4) is 0 Å². The van der Waals surface area contributed by atoms with E-state index in [0.717, 1.165) is 0 Å². The highest BCUT2D eigenvalue weighted by molar-refractivity contribution is 9.10. The van der Waals surface area contributed by atoms with Crippen LogP contribution in [0.4, 0.5) is 0 Å². The van der Waals surface area contributed by atoms with E-state index in [-0.39, 0.29) is 5.78 Å². The molecule has 1 heterocycles. The van der Waals surface area contributed by atoms with Gasteiger partial charge in [0, 0.05) is 18.0 Å². The number of aromatic nitrogens is 1. The molecule has 0 saturated heterocycles. The van der Waals surface area contributed by atoms with Crippen molar-refractivity contribution in [1.82, 2.24) is 4.98 Å². The van der Waals surface area contributed by atoms with Crippen LogP contribution in [0.3, 0.4) is 0 Å². The summed E-state index contributed by atoms with van der Waals surface area (Å²) >= 11 is 8.44. The summed E-state index contributed by atoms with van der Waals surface area (Å²) in [6, 6.07) is 1.68. The summed E-state index contributed by atoms with van der Waals surface area (Å²) in [6.45, 7) is 0. The van der Waals surface area contributed by atoms with Gasteiger partial charge in [0.05, 0.1) is 0 Å². The molecule has 0 spiro atoms. The fourth-order valence-corrected chi connectivity index (χ4v) is 0.993. The van der Waals surface area contributed by atoms with Crippen LogP contribution in [0.2, 0.25) is 0 Å². The maximum atomic E-state index is 11.0. The number of aromatic amines is 1. The van der Waals surface area contributed by atoms with Gasteiger partial charge in [0.2, 0.25) is 0 Å². The first-order chi connectivity index (χ1) is 4.72. The molecule has 0 amide bonds. The first-order valence-electron chi connectivity index (χ1n) is 2.67. The van der Waals surface area contributed by atoms with Gasteiger partial charge >= 0.3 is 0 Å². The summed E-state index contributed by atoms with van der Waals surface area (Å²) in [5, 5.41) is 0. The predicted molar refractivity (Wildman–Crippen MR) is 43.7 cm³/mol. The van der Waals surface area contributed by atoms with Crippen molar-refractivity contribution in [3.05, 3.63) is 24.0 Å². The van der Waals surface area contributed by atoms with E-state index in [9.17, 15) is 4.79 Å². The Bertz CT molecular complexity index is 220. The van der Waals surface area contributed by atoms with Crippen LogP contribution >= 0.6 is 27.5 Å². The van der Waals surface area contributed by atoms with Gasteiger partial charge in [-0.25, -0.2) is 0 Å². The highest BCUT2D eigenvalue weighted by atomic mass is 79.9. The Balaban J connectivity index is 2.78. The van der Waals surface area contributed by atoms with Crippen LogP contribution in [0.5, 0.6) is 0 Å². The lowest BCUT2D eigenvalue weighted by Crippen LogP contribution is -2.05. The molecule has 1 aromatic rings. The number of carbonyl (C=O) groups excluding carboxylic acids is 1. The van der Waals surface area contributed by atoms with Gasteiger partial charge in [-0.3, -0.25) is 4.79 Å². The molecule has 54 valence electrons. The van der Waals surface area contributed by atoms with E-state index < -0.39 is 4.29 Å². The third-order valence-electron chi connectivity index (χ3n) is 1.08. The minimum atomic E-state index is -0.622. The van der Waals surface area contributed by atoms with Gasteiger partial charge in [0.25, 0.3) is 0 Å². The molecule has 0 radical (unpaired) electrons. The largest absolute Gasteiger partial charge is 0.367 e. The maximum absolute atomic E-state index is 11.0. The molecule has 4 heteroatoms. The van der Waals surface area contributed by atoms with Crippen molar-refractivity contribution in [3.63, 3.8) is 0 Å². The van der Waals surface area contributed by atoms with Crippen molar-refractivity contribution < 1.29 is 4.79 Å². The van der Waals surface area contributed by atoms with Crippen LogP contribution in [0.25, 0.3) is 0 Å². The van der Waals surface area contributed by atoms with Gasteiger partial charge in [-0.05, 0) is 6.07 Å². The second-order valence-corrected chi connectivity index (χ2v) is 3.64. The molecule has 1 unspecified atom stereocenters. The van der Waals surface area contributed by atoms with E-state index >= 15 is 0 Å². The maximum Gasteiger partial charge on any atom is 0.192 e. The molecule has 0 saturated carbocycles. The van der Waals surface area contributed by atoms with Crippen molar-refractivity contribution in [2.45, 2.75) is 4.29 Å². The van der Waals surface area contributed by atoms with E-state index in [1.165, 1.54) is 0 Å². The smallest absolute Gasteiger partial charge is 0.192 e. The van der Waals surface area contributed by atoms with E-state index in [4.69, 9.17) is 11.6 Å². The lowest BCUT2D eigenvalue weighted by atomic mass is 10.2. The van der Waals surface area contributed by atoms with E-state index in [2.05, 4.69) is 20.9 Å². The summed E-state index contributed by atoms with van der Waals surface area (Å²) in [5.74, 6) is -0.122. The van der Waals surface area contributed by atoms with E-state index in [0.29, 0.717) is 5.56 Å². The fraction of sp³-hybridized carbons (Fsp3) is 0.167. The molecule has 0 aromatic carbocycles. The van der Waals surface area contributed by atoms with Gasteiger partial charge in [-0.15, -0.1) is 11.6 Å². The number of carbonyl (C=O) groups is 1. The lowest BCUT2D eigenvalue weighted by Gasteiger charge is -1.94. The molecule has 0 aliphatic carbocycles. The molecule has 0 aliphatic rings. The number of Topliss-reactive ketones (excluding diaryl/α,β-unsaturated/α-hetero) is 1. The molecule has 2 nitrogen and oxygen atoms in total. The summed E-state index contributed by atoms with van der Waals surface area (Å²) in [6.07, 6.45) is 3.29. The molecule has 1 N–H and O–H groups in total. The molecule has 0 bridgehead atoms. The van der Waals surface area contributed by atoms with Crippen LogP contribution in [-0.4, -0.2) is 15.1 Å². The monoisotopic (exact) mass is 221 g/mol. The van der Waals surface area contributed by atoms with Gasteiger partial charge in [-0.1, -0.05) is 15.9 Å². The lowest BCUT2D eigenvalue weighted by molar-refractivity contribution is 0.101. The van der Waals surface area contributed by atoms with Crippen molar-refractivity contribution in [2.24, 2.45) is 0 Å². The van der Waals surface area contributed by atoms with Crippen LogP contribution < -0.4 is 0 Å². The molecule has 0 fully saturated rings. The predicted octanol–water partition coefficient (Wildman–Crippen LogP) is 2.16. The minimum Gasteiger partial charge on any atom is -0.367 e. The van der Waals surface area contributed by atoms with Crippen molar-refractivity contribution >= 4 is 33.3 Å². The first kappa shape index (κ1) is 7.82. The Morgan fingerprint density at radius 2 is 2.50 bits per heavy atom. The Labute approximate surface area is 71.7 Å². The van der Waals surface area contributed by atoms with E-state index in [1.807, 2.05) is 0 Å². The highest BCUT2D eigenvalue weighted by Gasteiger charge is 2.12.